The van der Waals surface area contributed by atoms with E-state index in [-0.39, 0.29) is 11.9 Å². The first-order valence-electron chi connectivity index (χ1n) is 10.1. The van der Waals surface area contributed by atoms with E-state index in [1.807, 2.05) is 34.5 Å². The van der Waals surface area contributed by atoms with Crippen LogP contribution in [0, 0.1) is 5.92 Å². The number of piperazine rings is 1. The highest BCUT2D eigenvalue weighted by Gasteiger charge is 2.35. The van der Waals surface area contributed by atoms with E-state index in [4.69, 9.17) is 4.98 Å². The predicted octanol–water partition coefficient (Wildman–Crippen LogP) is 2.00. The molecule has 0 aliphatic carbocycles. The first-order chi connectivity index (χ1) is 13.6. The summed E-state index contributed by atoms with van der Waals surface area (Å²) in [4.78, 5) is 31.8. The van der Waals surface area contributed by atoms with Gasteiger partial charge in [0.25, 0.3) is 0 Å². The third-order valence-corrected chi connectivity index (χ3v) is 6.42. The SMILES string of the molecule is C[C@@H]1CCN(C(=O)N2CCN(C)CC2)C[C@@H]1c1ncc2cnc3[nH]ccc3n12. The molecule has 148 valence electrons. The minimum Gasteiger partial charge on any atom is -0.345 e. The molecule has 2 amide bonds. The van der Waals surface area contributed by atoms with Crippen LogP contribution in [0.1, 0.15) is 25.1 Å². The average Bonchev–Trinajstić information content (AvgIpc) is 3.34. The van der Waals surface area contributed by atoms with E-state index in [1.165, 1.54) is 0 Å². The van der Waals surface area contributed by atoms with Gasteiger partial charge in [0.05, 0.1) is 23.4 Å². The molecule has 2 aliphatic rings. The van der Waals surface area contributed by atoms with Crippen LogP contribution in [0.2, 0.25) is 0 Å². The van der Waals surface area contributed by atoms with E-state index in [0.29, 0.717) is 5.92 Å². The number of hydrogen-bond donors (Lipinski definition) is 1. The zero-order valence-electron chi connectivity index (χ0n) is 16.5. The number of H-pyrrole nitrogens is 1. The summed E-state index contributed by atoms with van der Waals surface area (Å²) in [5, 5.41) is 0. The number of hydrogen-bond acceptors (Lipinski definition) is 4. The van der Waals surface area contributed by atoms with E-state index < -0.39 is 0 Å². The number of fused-ring (bicyclic) bond motifs is 3. The van der Waals surface area contributed by atoms with Gasteiger partial charge in [0, 0.05) is 51.4 Å². The quantitative estimate of drug-likeness (QED) is 0.700. The van der Waals surface area contributed by atoms with Gasteiger partial charge in [0.1, 0.15) is 5.82 Å². The molecule has 0 radical (unpaired) electrons. The number of likely N-dealkylation sites (N-methyl/N-ethyl adjacent to an activating group) is 1. The van der Waals surface area contributed by atoms with Gasteiger partial charge < -0.3 is 19.7 Å². The molecule has 1 N–H and O–H groups in total. The third kappa shape index (κ3) is 2.83. The summed E-state index contributed by atoms with van der Waals surface area (Å²) in [6, 6.07) is 2.22. The van der Waals surface area contributed by atoms with Gasteiger partial charge in [0.15, 0.2) is 5.65 Å². The van der Waals surface area contributed by atoms with Crippen LogP contribution < -0.4 is 0 Å². The monoisotopic (exact) mass is 381 g/mol. The van der Waals surface area contributed by atoms with Gasteiger partial charge in [-0.2, -0.15) is 0 Å². The number of carbonyl (C=O) groups is 1. The summed E-state index contributed by atoms with van der Waals surface area (Å²) in [6.45, 7) is 7.35. The minimum absolute atomic E-state index is 0.180. The van der Waals surface area contributed by atoms with Crippen LogP contribution in [0.25, 0.3) is 16.7 Å². The molecular weight excluding hydrogens is 354 g/mol. The third-order valence-electron chi connectivity index (χ3n) is 6.42. The maximum absolute atomic E-state index is 13.1. The fourth-order valence-corrected chi connectivity index (χ4v) is 4.54. The molecule has 3 aromatic heterocycles. The molecule has 8 heteroatoms. The molecule has 2 aliphatic heterocycles. The summed E-state index contributed by atoms with van der Waals surface area (Å²) < 4.78 is 2.20. The number of carbonyl (C=O) groups excluding carboxylic acids is 1. The van der Waals surface area contributed by atoms with Crippen molar-refractivity contribution in [1.29, 1.82) is 0 Å². The smallest absolute Gasteiger partial charge is 0.320 e. The molecule has 2 atom stereocenters. The van der Waals surface area contributed by atoms with Crippen molar-refractivity contribution in [3.05, 3.63) is 30.5 Å². The summed E-state index contributed by atoms with van der Waals surface area (Å²) in [5.41, 5.74) is 2.90. The van der Waals surface area contributed by atoms with Crippen LogP contribution in [0.15, 0.2) is 24.7 Å². The summed E-state index contributed by atoms with van der Waals surface area (Å²) in [7, 11) is 2.11. The molecule has 0 saturated carbocycles. The molecule has 2 fully saturated rings. The Kier molecular flexibility index (Phi) is 4.23. The Morgan fingerprint density at radius 3 is 2.71 bits per heavy atom. The second-order valence-corrected chi connectivity index (χ2v) is 8.24. The maximum atomic E-state index is 13.1. The Hall–Kier alpha value is -2.61. The number of piperidine rings is 1. The molecular formula is C20H27N7O. The molecule has 3 aromatic rings. The van der Waals surface area contributed by atoms with Gasteiger partial charge >= 0.3 is 6.03 Å². The van der Waals surface area contributed by atoms with E-state index in [0.717, 1.165) is 68.2 Å². The second kappa shape index (κ2) is 6.77. The highest BCUT2D eigenvalue weighted by Crippen LogP contribution is 2.33. The molecule has 0 spiro atoms. The second-order valence-electron chi connectivity index (χ2n) is 8.24. The first kappa shape index (κ1) is 17.5. The maximum Gasteiger partial charge on any atom is 0.320 e. The van der Waals surface area contributed by atoms with Crippen molar-refractivity contribution in [3.8, 4) is 0 Å². The van der Waals surface area contributed by atoms with Gasteiger partial charge in [0.2, 0.25) is 0 Å². The Morgan fingerprint density at radius 2 is 1.89 bits per heavy atom. The molecule has 0 aromatic carbocycles. The van der Waals surface area contributed by atoms with Crippen molar-refractivity contribution in [2.75, 3.05) is 46.3 Å². The number of nitrogens with one attached hydrogen (secondary N) is 1. The number of amides is 2. The Balaban J connectivity index is 1.44. The largest absolute Gasteiger partial charge is 0.345 e. The average molecular weight is 381 g/mol. The molecule has 5 heterocycles. The lowest BCUT2D eigenvalue weighted by molar-refractivity contribution is 0.103. The van der Waals surface area contributed by atoms with Crippen LogP contribution in [0.3, 0.4) is 0 Å². The van der Waals surface area contributed by atoms with Gasteiger partial charge in [-0.15, -0.1) is 0 Å². The number of likely N-dealkylation sites (tertiary alicyclic amines) is 1. The summed E-state index contributed by atoms with van der Waals surface area (Å²) in [5.74, 6) is 1.72. The number of nitrogens with zero attached hydrogens (tertiary/aromatic N) is 6. The van der Waals surface area contributed by atoms with Gasteiger partial charge in [-0.05, 0) is 25.5 Å². The lowest BCUT2D eigenvalue weighted by atomic mass is 9.86. The van der Waals surface area contributed by atoms with Crippen molar-refractivity contribution in [1.82, 2.24) is 34.1 Å². The van der Waals surface area contributed by atoms with Crippen LogP contribution in [0.5, 0.6) is 0 Å². The fourth-order valence-electron chi connectivity index (χ4n) is 4.54. The zero-order chi connectivity index (χ0) is 19.3. The molecule has 0 bridgehead atoms. The predicted molar refractivity (Wildman–Crippen MR) is 107 cm³/mol. The number of aromatic amines is 1. The number of aromatic nitrogens is 4. The normalized spacial score (nSPS) is 24.4. The standard InChI is InChI=1S/C20H27N7O/c1-14-4-6-26(20(28)25-9-7-24(2)8-10-25)13-16(14)19-23-12-15-11-22-18-17(27(15)19)3-5-21-18/h3,5,11-12,14,16,21H,4,6-10,13H2,1-2H3/t14-,16+/m1/s1. The van der Waals surface area contributed by atoms with Gasteiger partial charge in [-0.25, -0.2) is 14.8 Å². The van der Waals surface area contributed by atoms with Crippen molar-refractivity contribution < 1.29 is 4.79 Å². The first-order valence-corrected chi connectivity index (χ1v) is 10.1. The summed E-state index contributed by atoms with van der Waals surface area (Å²) in [6.07, 6.45) is 6.66. The lowest BCUT2D eigenvalue weighted by Gasteiger charge is -2.41. The molecule has 5 rings (SSSR count). The van der Waals surface area contributed by atoms with Crippen molar-refractivity contribution in [2.24, 2.45) is 5.92 Å². The Morgan fingerprint density at radius 1 is 1.11 bits per heavy atom. The number of imidazole rings is 1. The van der Waals surface area contributed by atoms with E-state index >= 15 is 0 Å². The number of urea groups is 1. The van der Waals surface area contributed by atoms with Crippen LogP contribution in [-0.4, -0.2) is 86.4 Å². The van der Waals surface area contributed by atoms with E-state index in [1.54, 1.807) is 0 Å². The van der Waals surface area contributed by atoms with E-state index in [9.17, 15) is 4.79 Å². The number of rotatable bonds is 1. The Labute approximate surface area is 164 Å². The fraction of sp³-hybridized carbons (Fsp3) is 0.550. The molecule has 8 nitrogen and oxygen atoms in total. The highest BCUT2D eigenvalue weighted by atomic mass is 16.2. The van der Waals surface area contributed by atoms with Gasteiger partial charge in [-0.3, -0.25) is 4.40 Å². The lowest BCUT2D eigenvalue weighted by Crippen LogP contribution is -2.54. The molecule has 2 saturated heterocycles. The van der Waals surface area contributed by atoms with Crippen molar-refractivity contribution in [2.45, 2.75) is 19.3 Å². The summed E-state index contributed by atoms with van der Waals surface area (Å²) >= 11 is 0. The van der Waals surface area contributed by atoms with Crippen LogP contribution >= 0.6 is 0 Å². The van der Waals surface area contributed by atoms with Crippen LogP contribution in [-0.2, 0) is 0 Å². The van der Waals surface area contributed by atoms with Crippen LogP contribution in [0.4, 0.5) is 4.79 Å². The molecule has 28 heavy (non-hydrogen) atoms. The molecule has 0 unspecified atom stereocenters. The topological polar surface area (TPSA) is 72.8 Å². The zero-order valence-corrected chi connectivity index (χ0v) is 16.5. The van der Waals surface area contributed by atoms with Gasteiger partial charge in [-0.1, -0.05) is 6.92 Å². The van der Waals surface area contributed by atoms with Crippen molar-refractivity contribution in [3.63, 3.8) is 0 Å². The minimum atomic E-state index is 0.180. The van der Waals surface area contributed by atoms with Crippen molar-refractivity contribution >= 4 is 22.7 Å². The highest BCUT2D eigenvalue weighted by molar-refractivity contribution is 5.76. The van der Waals surface area contributed by atoms with E-state index in [2.05, 4.69) is 33.2 Å². The Bertz CT molecular complexity index is 1000.